The van der Waals surface area contributed by atoms with Crippen LogP contribution in [0.5, 0.6) is 0 Å². The van der Waals surface area contributed by atoms with Gasteiger partial charge in [0.15, 0.2) is 0 Å². The number of hydrogen-bond acceptors (Lipinski definition) is 6. The van der Waals surface area contributed by atoms with Crippen molar-refractivity contribution in [2.45, 2.75) is 45.7 Å². The molecule has 0 radical (unpaired) electrons. The smallest absolute Gasteiger partial charge is 0.325 e. The molecule has 1 saturated heterocycles. The fraction of sp³-hybridized carbons (Fsp3) is 0.500. The van der Waals surface area contributed by atoms with E-state index in [1.165, 1.54) is 11.3 Å². The molecule has 3 rings (SSSR count). The number of thiophene rings is 1. The summed E-state index contributed by atoms with van der Waals surface area (Å²) in [6.07, 6.45) is 1.47. The van der Waals surface area contributed by atoms with E-state index >= 15 is 0 Å². The second kappa shape index (κ2) is 6.35. The molecule has 0 bridgehead atoms. The molecule has 0 aliphatic carbocycles. The molecule has 0 saturated carbocycles. The van der Waals surface area contributed by atoms with Gasteiger partial charge in [-0.15, -0.1) is 0 Å². The quantitative estimate of drug-likeness (QED) is 0.811. The van der Waals surface area contributed by atoms with E-state index < -0.39 is 11.6 Å². The number of amides is 3. The van der Waals surface area contributed by atoms with Gasteiger partial charge >= 0.3 is 6.03 Å². The maximum Gasteiger partial charge on any atom is 0.325 e. The summed E-state index contributed by atoms with van der Waals surface area (Å²) in [5, 5.41) is 10.5. The topological polar surface area (TPSA) is 88.3 Å². The van der Waals surface area contributed by atoms with Gasteiger partial charge in [0.25, 0.3) is 5.91 Å². The van der Waals surface area contributed by atoms with Crippen LogP contribution in [0.15, 0.2) is 21.3 Å². The standard InChI is InChI=1S/C16H20N4O3S/c1-10(2)4-6-16(3)14(21)20(15(22)18-16)8-12-17-13(19-23-12)11-5-7-24-9-11/h5,7,9-10H,4,6,8H2,1-3H3,(H,18,22). The Bertz CT molecular complexity index is 740. The summed E-state index contributed by atoms with van der Waals surface area (Å²) in [5.74, 6) is 0.918. The van der Waals surface area contributed by atoms with Crippen LogP contribution in [0, 0.1) is 5.92 Å². The highest BCUT2D eigenvalue weighted by molar-refractivity contribution is 7.08. The summed E-state index contributed by atoms with van der Waals surface area (Å²) in [6, 6.07) is 1.47. The van der Waals surface area contributed by atoms with Crippen LogP contribution in [-0.2, 0) is 11.3 Å². The van der Waals surface area contributed by atoms with Crippen molar-refractivity contribution in [3.63, 3.8) is 0 Å². The summed E-state index contributed by atoms with van der Waals surface area (Å²) in [4.78, 5) is 30.2. The first-order valence-corrected chi connectivity index (χ1v) is 8.82. The third kappa shape index (κ3) is 3.19. The number of nitrogens with one attached hydrogen (secondary N) is 1. The van der Waals surface area contributed by atoms with E-state index in [1.54, 1.807) is 6.92 Å². The van der Waals surface area contributed by atoms with E-state index in [-0.39, 0.29) is 18.3 Å². The van der Waals surface area contributed by atoms with Crippen molar-refractivity contribution in [1.82, 2.24) is 20.4 Å². The van der Waals surface area contributed by atoms with Crippen molar-refractivity contribution in [3.05, 3.63) is 22.7 Å². The Labute approximate surface area is 144 Å². The van der Waals surface area contributed by atoms with Gasteiger partial charge in [-0.2, -0.15) is 16.3 Å². The molecule has 7 nitrogen and oxygen atoms in total. The SMILES string of the molecule is CC(C)CCC1(C)NC(=O)N(Cc2nc(-c3ccsc3)no2)C1=O. The molecule has 128 valence electrons. The van der Waals surface area contributed by atoms with E-state index in [1.807, 2.05) is 16.8 Å². The second-order valence-electron chi connectivity index (χ2n) is 6.61. The van der Waals surface area contributed by atoms with Gasteiger partial charge in [-0.3, -0.25) is 9.69 Å². The zero-order valence-electron chi connectivity index (χ0n) is 13.9. The van der Waals surface area contributed by atoms with Gasteiger partial charge in [-0.1, -0.05) is 19.0 Å². The summed E-state index contributed by atoms with van der Waals surface area (Å²) < 4.78 is 5.18. The molecule has 2 aromatic rings. The number of imide groups is 1. The van der Waals surface area contributed by atoms with E-state index in [2.05, 4.69) is 29.3 Å². The molecule has 2 aromatic heterocycles. The lowest BCUT2D eigenvalue weighted by molar-refractivity contribution is -0.131. The van der Waals surface area contributed by atoms with Crippen LogP contribution in [0.4, 0.5) is 4.79 Å². The number of hydrogen-bond donors (Lipinski definition) is 1. The lowest BCUT2D eigenvalue weighted by Gasteiger charge is -2.22. The second-order valence-corrected chi connectivity index (χ2v) is 7.39. The van der Waals surface area contributed by atoms with Crippen molar-refractivity contribution in [1.29, 1.82) is 0 Å². The Morgan fingerprint density at radius 2 is 2.21 bits per heavy atom. The Hall–Kier alpha value is -2.22. The average Bonchev–Trinajstić information content (AvgIpc) is 3.23. The van der Waals surface area contributed by atoms with Crippen molar-refractivity contribution in [2.24, 2.45) is 5.92 Å². The van der Waals surface area contributed by atoms with E-state index in [9.17, 15) is 9.59 Å². The number of urea groups is 1. The number of carbonyl (C=O) groups excluding carboxylic acids is 2. The number of nitrogens with zero attached hydrogens (tertiary/aromatic N) is 3. The average molecular weight is 348 g/mol. The molecule has 1 aliphatic rings. The molecule has 8 heteroatoms. The van der Waals surface area contributed by atoms with E-state index in [0.29, 0.717) is 18.2 Å². The van der Waals surface area contributed by atoms with Gasteiger partial charge in [-0.25, -0.2) is 4.79 Å². The first-order chi connectivity index (χ1) is 11.4. The summed E-state index contributed by atoms with van der Waals surface area (Å²) in [5.41, 5.74) is -0.00800. The van der Waals surface area contributed by atoms with Crippen molar-refractivity contribution in [3.8, 4) is 11.4 Å². The largest absolute Gasteiger partial charge is 0.337 e. The molecule has 3 heterocycles. The highest BCUT2D eigenvalue weighted by atomic mass is 32.1. The Morgan fingerprint density at radius 3 is 2.88 bits per heavy atom. The molecule has 24 heavy (non-hydrogen) atoms. The van der Waals surface area contributed by atoms with Gasteiger partial charge < -0.3 is 9.84 Å². The van der Waals surface area contributed by atoms with Crippen molar-refractivity contribution in [2.75, 3.05) is 0 Å². The minimum atomic E-state index is -0.864. The van der Waals surface area contributed by atoms with E-state index in [4.69, 9.17) is 4.52 Å². The number of carbonyl (C=O) groups is 2. The molecule has 1 unspecified atom stereocenters. The maximum atomic E-state index is 12.6. The van der Waals surface area contributed by atoms with Gasteiger partial charge in [-0.05, 0) is 37.1 Å². The van der Waals surface area contributed by atoms with Crippen molar-refractivity contribution >= 4 is 23.3 Å². The monoisotopic (exact) mass is 348 g/mol. The summed E-state index contributed by atoms with van der Waals surface area (Å²) >= 11 is 1.53. The van der Waals surface area contributed by atoms with E-state index in [0.717, 1.165) is 16.9 Å². The third-order valence-electron chi connectivity index (χ3n) is 4.11. The first-order valence-electron chi connectivity index (χ1n) is 7.88. The number of rotatable bonds is 6. The van der Waals surface area contributed by atoms with Crippen LogP contribution < -0.4 is 5.32 Å². The van der Waals surface area contributed by atoms with Gasteiger partial charge in [0.05, 0.1) is 0 Å². The zero-order valence-corrected chi connectivity index (χ0v) is 14.7. The minimum absolute atomic E-state index is 0.0148. The lowest BCUT2D eigenvalue weighted by atomic mass is 9.92. The maximum absolute atomic E-state index is 12.6. The zero-order chi connectivity index (χ0) is 17.3. The molecule has 0 spiro atoms. The fourth-order valence-electron chi connectivity index (χ4n) is 2.60. The molecule has 1 aliphatic heterocycles. The van der Waals surface area contributed by atoms with Crippen LogP contribution in [0.3, 0.4) is 0 Å². The summed E-state index contributed by atoms with van der Waals surface area (Å²) in [6.45, 7) is 5.93. The molecular weight excluding hydrogens is 328 g/mol. The van der Waals surface area contributed by atoms with Crippen LogP contribution in [0.1, 0.15) is 39.5 Å². The molecule has 1 atom stereocenters. The fourth-order valence-corrected chi connectivity index (χ4v) is 3.24. The Balaban J connectivity index is 1.71. The van der Waals surface area contributed by atoms with Gasteiger partial charge in [0, 0.05) is 10.9 Å². The normalized spacial score (nSPS) is 20.9. The van der Waals surface area contributed by atoms with Crippen LogP contribution in [0.2, 0.25) is 0 Å². The summed E-state index contributed by atoms with van der Waals surface area (Å²) in [7, 11) is 0. The van der Waals surface area contributed by atoms with Crippen LogP contribution in [-0.4, -0.2) is 32.5 Å². The third-order valence-corrected chi connectivity index (χ3v) is 4.79. The Morgan fingerprint density at radius 1 is 1.42 bits per heavy atom. The van der Waals surface area contributed by atoms with Gasteiger partial charge in [0.2, 0.25) is 11.7 Å². The molecule has 3 amide bonds. The highest BCUT2D eigenvalue weighted by Crippen LogP contribution is 2.26. The molecule has 1 N–H and O–H groups in total. The van der Waals surface area contributed by atoms with Crippen LogP contribution in [0.25, 0.3) is 11.4 Å². The Kier molecular flexibility index (Phi) is 4.40. The molecule has 1 fully saturated rings. The predicted molar refractivity (Wildman–Crippen MR) is 89.2 cm³/mol. The minimum Gasteiger partial charge on any atom is -0.337 e. The van der Waals surface area contributed by atoms with Crippen molar-refractivity contribution < 1.29 is 14.1 Å². The number of aromatic nitrogens is 2. The lowest BCUT2D eigenvalue weighted by Crippen LogP contribution is -2.44. The highest BCUT2D eigenvalue weighted by Gasteiger charge is 2.47. The van der Waals surface area contributed by atoms with Crippen LogP contribution >= 0.6 is 11.3 Å². The predicted octanol–water partition coefficient (Wildman–Crippen LogP) is 3.04. The molecule has 0 aromatic carbocycles. The first kappa shape index (κ1) is 16.6. The van der Waals surface area contributed by atoms with Gasteiger partial charge in [0.1, 0.15) is 12.1 Å². The molecular formula is C16H20N4O3S.